The van der Waals surface area contributed by atoms with Crippen LogP contribution in [0.2, 0.25) is 0 Å². The minimum absolute atomic E-state index is 0.0716. The maximum atomic E-state index is 11.5. The number of rotatable bonds is 4. The van der Waals surface area contributed by atoms with Crippen LogP contribution in [-0.4, -0.2) is 34.4 Å². The van der Waals surface area contributed by atoms with Crippen molar-refractivity contribution in [1.29, 1.82) is 0 Å². The van der Waals surface area contributed by atoms with E-state index in [1.54, 1.807) is 6.07 Å². The van der Waals surface area contributed by atoms with Crippen LogP contribution in [0.4, 0.5) is 0 Å². The minimum Gasteiger partial charge on any atom is -0.493 e. The van der Waals surface area contributed by atoms with Crippen LogP contribution in [0.15, 0.2) is 16.5 Å². The predicted molar refractivity (Wildman–Crippen MR) is 67.2 cm³/mol. The Kier molecular flexibility index (Phi) is 3.50. The molecule has 6 nitrogen and oxygen atoms in total. The Morgan fingerprint density at radius 2 is 1.68 bits per heavy atom. The first-order chi connectivity index (χ1) is 9.15. The summed E-state index contributed by atoms with van der Waals surface area (Å²) in [6.45, 7) is 0. The molecule has 1 heterocycles. The Morgan fingerprint density at radius 3 is 2.21 bits per heavy atom. The molecule has 19 heavy (non-hydrogen) atoms. The van der Waals surface area contributed by atoms with Gasteiger partial charge in [-0.2, -0.15) is 0 Å². The van der Waals surface area contributed by atoms with Gasteiger partial charge in [-0.3, -0.25) is 0 Å². The van der Waals surface area contributed by atoms with Crippen molar-refractivity contribution in [3.05, 3.63) is 17.9 Å². The molecule has 1 aromatic heterocycles. The van der Waals surface area contributed by atoms with Crippen molar-refractivity contribution in [2.24, 2.45) is 0 Å². The first kappa shape index (κ1) is 13.1. The average Bonchev–Trinajstić information content (AvgIpc) is 2.89. The highest BCUT2D eigenvalue weighted by Crippen LogP contribution is 2.42. The van der Waals surface area contributed by atoms with Crippen molar-refractivity contribution in [1.82, 2.24) is 0 Å². The monoisotopic (exact) mass is 266 g/mol. The lowest BCUT2D eigenvalue weighted by atomic mass is 10.2. The van der Waals surface area contributed by atoms with E-state index in [0.717, 1.165) is 0 Å². The molecule has 0 bridgehead atoms. The van der Waals surface area contributed by atoms with Gasteiger partial charge in [0.15, 0.2) is 22.8 Å². The molecule has 0 spiro atoms. The Balaban J connectivity index is 2.76. The zero-order valence-electron chi connectivity index (χ0n) is 11.1. The van der Waals surface area contributed by atoms with Crippen LogP contribution in [0.25, 0.3) is 11.0 Å². The molecule has 0 saturated carbocycles. The molecule has 0 aliphatic heterocycles. The predicted octanol–water partition coefficient (Wildman–Crippen LogP) is 2.25. The second kappa shape index (κ2) is 5.09. The summed E-state index contributed by atoms with van der Waals surface area (Å²) in [7, 11) is 5.81. The lowest BCUT2D eigenvalue weighted by Crippen LogP contribution is -1.98. The molecule has 1 aromatic carbocycles. The second-order valence-corrected chi connectivity index (χ2v) is 3.66. The molecule has 2 rings (SSSR count). The lowest BCUT2D eigenvalue weighted by Gasteiger charge is -2.10. The van der Waals surface area contributed by atoms with Gasteiger partial charge in [-0.25, -0.2) is 4.79 Å². The van der Waals surface area contributed by atoms with E-state index in [2.05, 4.69) is 4.74 Å². The summed E-state index contributed by atoms with van der Waals surface area (Å²) >= 11 is 0. The quantitative estimate of drug-likeness (QED) is 0.791. The summed E-state index contributed by atoms with van der Waals surface area (Å²) in [4.78, 5) is 11.5. The highest BCUT2D eigenvalue weighted by atomic mass is 16.5. The SMILES string of the molecule is COC(=O)c1cc2c(OC)c(OC)cc(OC)c2o1. The number of methoxy groups -OCH3 is 4. The molecular formula is C13H14O6. The Morgan fingerprint density at radius 1 is 1.00 bits per heavy atom. The number of furan rings is 1. The van der Waals surface area contributed by atoms with Crippen LogP contribution in [0.3, 0.4) is 0 Å². The van der Waals surface area contributed by atoms with E-state index in [1.807, 2.05) is 0 Å². The third kappa shape index (κ3) is 2.05. The van der Waals surface area contributed by atoms with Crippen LogP contribution in [0.5, 0.6) is 17.2 Å². The summed E-state index contributed by atoms with van der Waals surface area (Å²) in [6, 6.07) is 3.16. The van der Waals surface area contributed by atoms with E-state index in [-0.39, 0.29) is 5.76 Å². The second-order valence-electron chi connectivity index (χ2n) is 3.66. The number of fused-ring (bicyclic) bond motifs is 1. The van der Waals surface area contributed by atoms with Gasteiger partial charge in [-0.1, -0.05) is 0 Å². The molecule has 0 aliphatic rings. The van der Waals surface area contributed by atoms with Gasteiger partial charge in [0, 0.05) is 12.1 Å². The van der Waals surface area contributed by atoms with Crippen LogP contribution in [0.1, 0.15) is 10.6 Å². The van der Waals surface area contributed by atoms with Crippen molar-refractivity contribution in [2.75, 3.05) is 28.4 Å². The number of hydrogen-bond acceptors (Lipinski definition) is 6. The van der Waals surface area contributed by atoms with Crippen LogP contribution in [-0.2, 0) is 4.74 Å². The van der Waals surface area contributed by atoms with Gasteiger partial charge in [-0.05, 0) is 0 Å². The Hall–Kier alpha value is -2.37. The largest absolute Gasteiger partial charge is 0.493 e. The summed E-state index contributed by atoms with van der Waals surface area (Å²) in [5.74, 6) is 0.908. The lowest BCUT2D eigenvalue weighted by molar-refractivity contribution is 0.0567. The number of esters is 1. The molecule has 0 radical (unpaired) electrons. The average molecular weight is 266 g/mol. The van der Waals surface area contributed by atoms with Gasteiger partial charge in [-0.15, -0.1) is 0 Å². The van der Waals surface area contributed by atoms with Crippen LogP contribution in [0, 0.1) is 0 Å². The maximum Gasteiger partial charge on any atom is 0.373 e. The first-order valence-corrected chi connectivity index (χ1v) is 5.47. The van der Waals surface area contributed by atoms with Crippen LogP contribution >= 0.6 is 0 Å². The van der Waals surface area contributed by atoms with E-state index >= 15 is 0 Å². The highest BCUT2D eigenvalue weighted by Gasteiger charge is 2.21. The van der Waals surface area contributed by atoms with Gasteiger partial charge >= 0.3 is 5.97 Å². The summed E-state index contributed by atoms with van der Waals surface area (Å²) < 4.78 is 25.8. The van der Waals surface area contributed by atoms with Crippen molar-refractivity contribution >= 4 is 16.9 Å². The first-order valence-electron chi connectivity index (χ1n) is 5.47. The number of carbonyl (C=O) groups excluding carboxylic acids is 1. The molecule has 2 aromatic rings. The molecule has 0 N–H and O–H groups in total. The Bertz CT molecular complexity index is 613. The Labute approximate surface area is 109 Å². The fourth-order valence-corrected chi connectivity index (χ4v) is 1.84. The molecule has 102 valence electrons. The molecule has 0 atom stereocenters. The molecule has 0 aliphatic carbocycles. The van der Waals surface area contributed by atoms with Crippen LogP contribution < -0.4 is 14.2 Å². The van der Waals surface area contributed by atoms with E-state index in [1.165, 1.54) is 34.5 Å². The van der Waals surface area contributed by atoms with E-state index in [9.17, 15) is 4.79 Å². The van der Waals surface area contributed by atoms with Gasteiger partial charge in [0.1, 0.15) is 0 Å². The van der Waals surface area contributed by atoms with Crippen molar-refractivity contribution in [3.8, 4) is 17.2 Å². The fraction of sp³-hybridized carbons (Fsp3) is 0.308. The molecular weight excluding hydrogens is 252 g/mol. The van der Waals surface area contributed by atoms with Gasteiger partial charge in [0.2, 0.25) is 5.76 Å². The smallest absolute Gasteiger partial charge is 0.373 e. The number of benzene rings is 1. The molecule has 0 unspecified atom stereocenters. The highest BCUT2D eigenvalue weighted by molar-refractivity contribution is 5.98. The van der Waals surface area contributed by atoms with E-state index < -0.39 is 5.97 Å². The van der Waals surface area contributed by atoms with Crippen molar-refractivity contribution in [2.45, 2.75) is 0 Å². The number of ether oxygens (including phenoxy) is 4. The summed E-state index contributed by atoms with van der Waals surface area (Å²) in [5.41, 5.74) is 0.403. The number of hydrogen-bond donors (Lipinski definition) is 0. The van der Waals surface area contributed by atoms with Gasteiger partial charge in [0.25, 0.3) is 0 Å². The molecule has 6 heteroatoms. The van der Waals surface area contributed by atoms with Gasteiger partial charge < -0.3 is 23.4 Å². The van der Waals surface area contributed by atoms with E-state index in [0.29, 0.717) is 28.2 Å². The zero-order chi connectivity index (χ0) is 14.0. The maximum absolute atomic E-state index is 11.5. The standard InChI is InChI=1S/C13H14O6/c1-15-8-6-9(16-2)12-7(11(8)17-3)5-10(19-12)13(14)18-4/h5-6H,1-4H3. The third-order valence-electron chi connectivity index (χ3n) is 2.72. The zero-order valence-corrected chi connectivity index (χ0v) is 11.1. The third-order valence-corrected chi connectivity index (χ3v) is 2.72. The number of carbonyl (C=O) groups is 1. The fourth-order valence-electron chi connectivity index (χ4n) is 1.84. The molecule has 0 saturated heterocycles. The summed E-state index contributed by atoms with van der Waals surface area (Å²) in [6.07, 6.45) is 0. The van der Waals surface area contributed by atoms with Crippen molar-refractivity contribution < 1.29 is 28.2 Å². The van der Waals surface area contributed by atoms with Crippen molar-refractivity contribution in [3.63, 3.8) is 0 Å². The van der Waals surface area contributed by atoms with Gasteiger partial charge in [0.05, 0.1) is 33.8 Å². The topological polar surface area (TPSA) is 67.1 Å². The van der Waals surface area contributed by atoms with E-state index in [4.69, 9.17) is 18.6 Å². The summed E-state index contributed by atoms with van der Waals surface area (Å²) in [5, 5.41) is 0.582. The normalized spacial score (nSPS) is 10.3. The minimum atomic E-state index is -0.570. The molecule has 0 amide bonds. The molecule has 0 fully saturated rings.